The molecular weight excluding hydrogens is 246 g/mol. The van der Waals surface area contributed by atoms with E-state index in [1.54, 1.807) is 6.92 Å². The number of benzene rings is 1. The van der Waals surface area contributed by atoms with Crippen LogP contribution < -0.4 is 4.74 Å². The summed E-state index contributed by atoms with van der Waals surface area (Å²) >= 11 is 0. The van der Waals surface area contributed by atoms with Gasteiger partial charge < -0.3 is 4.74 Å². The third-order valence-corrected chi connectivity index (χ3v) is 3.27. The van der Waals surface area contributed by atoms with Crippen molar-refractivity contribution in [3.63, 3.8) is 0 Å². The second-order valence-electron chi connectivity index (χ2n) is 3.06. The Balaban J connectivity index is 3.41. The van der Waals surface area contributed by atoms with Crippen molar-refractivity contribution >= 4 is 15.5 Å². The topological polar surface area (TPSA) is 86.5 Å². The SMILES string of the molecule is C=CS(=O)(=O)c1cc(OCC)cc([N+](=O)[O-])c1. The van der Waals surface area contributed by atoms with Crippen molar-refractivity contribution in [1.82, 2.24) is 0 Å². The molecule has 0 aliphatic heterocycles. The highest BCUT2D eigenvalue weighted by molar-refractivity contribution is 7.94. The monoisotopic (exact) mass is 257 g/mol. The van der Waals surface area contributed by atoms with Crippen molar-refractivity contribution in [2.75, 3.05) is 6.61 Å². The number of hydrogen-bond acceptors (Lipinski definition) is 5. The molecule has 0 saturated heterocycles. The van der Waals surface area contributed by atoms with Gasteiger partial charge in [-0.1, -0.05) is 6.58 Å². The second kappa shape index (κ2) is 4.96. The summed E-state index contributed by atoms with van der Waals surface area (Å²) in [5, 5.41) is 11.4. The minimum Gasteiger partial charge on any atom is -0.494 e. The van der Waals surface area contributed by atoms with Crippen LogP contribution in [0.3, 0.4) is 0 Å². The summed E-state index contributed by atoms with van der Waals surface area (Å²) in [4.78, 5) is 9.77. The van der Waals surface area contributed by atoms with Crippen LogP contribution in [0.2, 0.25) is 0 Å². The highest BCUT2D eigenvalue weighted by atomic mass is 32.2. The number of rotatable bonds is 5. The lowest BCUT2D eigenvalue weighted by Crippen LogP contribution is -2.00. The van der Waals surface area contributed by atoms with E-state index in [1.807, 2.05) is 0 Å². The van der Waals surface area contributed by atoms with Gasteiger partial charge in [-0.2, -0.15) is 0 Å². The quantitative estimate of drug-likeness (QED) is 0.594. The van der Waals surface area contributed by atoms with Crippen LogP contribution in [0.4, 0.5) is 5.69 Å². The van der Waals surface area contributed by atoms with Crippen LogP contribution in [0, 0.1) is 10.1 Å². The fraction of sp³-hybridized carbons (Fsp3) is 0.200. The van der Waals surface area contributed by atoms with E-state index in [9.17, 15) is 18.5 Å². The standard InChI is InChI=1S/C10H11NO5S/c1-3-16-9-5-8(11(12)13)6-10(7-9)17(14,15)4-2/h4-7H,2-3H2,1H3. The molecule has 1 rings (SSSR count). The fourth-order valence-corrected chi connectivity index (χ4v) is 1.93. The first-order valence-electron chi connectivity index (χ1n) is 4.70. The Morgan fingerprint density at radius 1 is 1.47 bits per heavy atom. The summed E-state index contributed by atoms with van der Waals surface area (Å²) in [5.74, 6) is 0.141. The zero-order valence-electron chi connectivity index (χ0n) is 9.12. The molecule has 0 fully saturated rings. The Morgan fingerprint density at radius 3 is 2.59 bits per heavy atom. The van der Waals surface area contributed by atoms with Crippen LogP contribution in [-0.2, 0) is 9.84 Å². The Hall–Kier alpha value is -1.89. The fourth-order valence-electron chi connectivity index (χ4n) is 1.17. The first-order valence-corrected chi connectivity index (χ1v) is 6.25. The second-order valence-corrected chi connectivity index (χ2v) is 4.96. The number of sulfone groups is 1. The number of nitrogens with zero attached hydrogens (tertiary/aromatic N) is 1. The van der Waals surface area contributed by atoms with Crippen LogP contribution in [0.15, 0.2) is 35.1 Å². The largest absolute Gasteiger partial charge is 0.494 e. The Morgan fingerprint density at radius 2 is 2.12 bits per heavy atom. The molecule has 7 heteroatoms. The molecule has 0 spiro atoms. The number of nitro groups is 1. The Bertz CT molecular complexity index is 550. The molecule has 92 valence electrons. The van der Waals surface area contributed by atoms with E-state index >= 15 is 0 Å². The normalized spacial score (nSPS) is 10.9. The van der Waals surface area contributed by atoms with Crippen molar-refractivity contribution in [2.45, 2.75) is 11.8 Å². The van der Waals surface area contributed by atoms with Gasteiger partial charge in [-0.05, 0) is 13.0 Å². The van der Waals surface area contributed by atoms with Crippen molar-refractivity contribution < 1.29 is 18.1 Å². The maximum atomic E-state index is 11.5. The molecule has 0 heterocycles. The van der Waals surface area contributed by atoms with Gasteiger partial charge in [0.2, 0.25) is 0 Å². The Kier molecular flexibility index (Phi) is 3.84. The van der Waals surface area contributed by atoms with E-state index in [0.29, 0.717) is 0 Å². The highest BCUT2D eigenvalue weighted by Gasteiger charge is 2.17. The summed E-state index contributed by atoms with van der Waals surface area (Å²) in [7, 11) is -3.72. The number of non-ortho nitro benzene ring substituents is 1. The van der Waals surface area contributed by atoms with Gasteiger partial charge in [0.1, 0.15) is 5.75 Å². The molecular formula is C10H11NO5S. The molecule has 6 nitrogen and oxygen atoms in total. The molecule has 0 aliphatic carbocycles. The van der Waals surface area contributed by atoms with Gasteiger partial charge >= 0.3 is 0 Å². The van der Waals surface area contributed by atoms with E-state index in [0.717, 1.165) is 11.5 Å². The number of ether oxygens (including phenoxy) is 1. The minimum absolute atomic E-state index is 0.141. The third kappa shape index (κ3) is 3.04. The van der Waals surface area contributed by atoms with E-state index in [4.69, 9.17) is 4.74 Å². The first-order chi connectivity index (χ1) is 7.90. The lowest BCUT2D eigenvalue weighted by molar-refractivity contribution is -0.385. The van der Waals surface area contributed by atoms with E-state index in [1.165, 1.54) is 12.1 Å². The van der Waals surface area contributed by atoms with Gasteiger partial charge in [-0.25, -0.2) is 8.42 Å². The zero-order chi connectivity index (χ0) is 13.1. The lowest BCUT2D eigenvalue weighted by Gasteiger charge is -2.05. The number of hydrogen-bond donors (Lipinski definition) is 0. The molecule has 1 aromatic rings. The maximum absolute atomic E-state index is 11.5. The average Bonchev–Trinajstić information content (AvgIpc) is 2.29. The van der Waals surface area contributed by atoms with Crippen molar-refractivity contribution in [3.05, 3.63) is 40.3 Å². The van der Waals surface area contributed by atoms with E-state index in [2.05, 4.69) is 6.58 Å². The predicted octanol–water partition coefficient (Wildman–Crippen LogP) is 1.91. The summed E-state index contributed by atoms with van der Waals surface area (Å²) < 4.78 is 28.1. The molecule has 0 saturated carbocycles. The lowest BCUT2D eigenvalue weighted by atomic mass is 10.3. The molecule has 0 atom stereocenters. The summed E-state index contributed by atoms with van der Waals surface area (Å²) in [6.45, 7) is 5.14. The minimum atomic E-state index is -3.72. The summed E-state index contributed by atoms with van der Waals surface area (Å²) in [6.07, 6.45) is 0. The van der Waals surface area contributed by atoms with Crippen molar-refractivity contribution in [3.8, 4) is 5.75 Å². The summed E-state index contributed by atoms with van der Waals surface area (Å²) in [6, 6.07) is 3.37. The van der Waals surface area contributed by atoms with Crippen molar-refractivity contribution in [1.29, 1.82) is 0 Å². The van der Waals surface area contributed by atoms with Gasteiger partial charge in [-0.15, -0.1) is 0 Å². The Labute approximate surface area is 98.6 Å². The van der Waals surface area contributed by atoms with Crippen LogP contribution in [0.1, 0.15) is 6.92 Å². The third-order valence-electron chi connectivity index (χ3n) is 1.93. The van der Waals surface area contributed by atoms with Gasteiger partial charge in [-0.3, -0.25) is 10.1 Å². The summed E-state index contributed by atoms with van der Waals surface area (Å²) in [5.41, 5.74) is -0.337. The molecule has 0 aromatic heterocycles. The van der Waals surface area contributed by atoms with E-state index in [-0.39, 0.29) is 22.9 Å². The molecule has 1 aromatic carbocycles. The predicted molar refractivity (Wildman–Crippen MR) is 61.6 cm³/mol. The van der Waals surface area contributed by atoms with Gasteiger partial charge in [0, 0.05) is 11.5 Å². The molecule has 0 N–H and O–H groups in total. The zero-order valence-corrected chi connectivity index (χ0v) is 9.94. The molecule has 17 heavy (non-hydrogen) atoms. The van der Waals surface area contributed by atoms with E-state index < -0.39 is 14.8 Å². The smallest absolute Gasteiger partial charge is 0.274 e. The average molecular weight is 257 g/mol. The van der Waals surface area contributed by atoms with Gasteiger partial charge in [0.25, 0.3) is 5.69 Å². The first kappa shape index (κ1) is 13.2. The molecule has 0 aliphatic rings. The van der Waals surface area contributed by atoms with Gasteiger partial charge in [0.05, 0.1) is 22.5 Å². The number of nitro benzene ring substituents is 1. The molecule has 0 bridgehead atoms. The highest BCUT2D eigenvalue weighted by Crippen LogP contribution is 2.26. The van der Waals surface area contributed by atoms with Crippen LogP contribution in [0.25, 0.3) is 0 Å². The van der Waals surface area contributed by atoms with Crippen LogP contribution in [-0.4, -0.2) is 19.9 Å². The van der Waals surface area contributed by atoms with Crippen molar-refractivity contribution in [2.24, 2.45) is 0 Å². The molecule has 0 amide bonds. The van der Waals surface area contributed by atoms with Crippen LogP contribution in [0.5, 0.6) is 5.75 Å². The van der Waals surface area contributed by atoms with Crippen LogP contribution >= 0.6 is 0 Å². The molecule has 0 radical (unpaired) electrons. The maximum Gasteiger partial charge on any atom is 0.274 e. The molecule has 0 unspecified atom stereocenters. The van der Waals surface area contributed by atoms with Gasteiger partial charge in [0.15, 0.2) is 9.84 Å².